The first kappa shape index (κ1) is 20.2. The molecule has 6 nitrogen and oxygen atoms in total. The van der Waals surface area contributed by atoms with E-state index in [1.54, 1.807) is 45.0 Å². The van der Waals surface area contributed by atoms with Crippen LogP contribution in [-0.4, -0.2) is 25.1 Å². The normalized spacial score (nSPS) is 10.9. The van der Waals surface area contributed by atoms with Crippen molar-refractivity contribution in [3.05, 3.63) is 53.3 Å². The number of carbonyl (C=O) groups is 2. The van der Waals surface area contributed by atoms with Gasteiger partial charge in [-0.1, -0.05) is 12.1 Å². The lowest BCUT2D eigenvalue weighted by molar-refractivity contribution is 0.0635. The first-order chi connectivity index (χ1) is 12.7. The maximum absolute atomic E-state index is 14.3. The SMILES string of the molecule is COc1ccc(OCc2cccc(NC(=O)OC(C)(C)C)c2)c(F)c1C=O. The van der Waals surface area contributed by atoms with Crippen molar-refractivity contribution in [1.82, 2.24) is 0 Å². The van der Waals surface area contributed by atoms with Crippen molar-refractivity contribution in [3.8, 4) is 11.5 Å². The summed E-state index contributed by atoms with van der Waals surface area (Å²) in [5.74, 6) is -0.714. The van der Waals surface area contributed by atoms with Crippen molar-refractivity contribution >= 4 is 18.1 Å². The number of hydrogen-bond acceptors (Lipinski definition) is 5. The fourth-order valence-corrected chi connectivity index (χ4v) is 2.28. The second kappa shape index (κ2) is 8.53. The van der Waals surface area contributed by atoms with Crippen LogP contribution in [0.2, 0.25) is 0 Å². The Labute approximate surface area is 157 Å². The molecule has 0 aromatic heterocycles. The highest BCUT2D eigenvalue weighted by Crippen LogP contribution is 2.28. The van der Waals surface area contributed by atoms with Crippen molar-refractivity contribution in [1.29, 1.82) is 0 Å². The van der Waals surface area contributed by atoms with E-state index in [2.05, 4.69) is 5.32 Å². The van der Waals surface area contributed by atoms with Crippen LogP contribution < -0.4 is 14.8 Å². The maximum atomic E-state index is 14.3. The lowest BCUT2D eigenvalue weighted by atomic mass is 10.2. The number of rotatable bonds is 6. The minimum absolute atomic E-state index is 0.0470. The molecule has 1 amide bonds. The van der Waals surface area contributed by atoms with Gasteiger partial charge in [-0.05, 0) is 50.6 Å². The summed E-state index contributed by atoms with van der Waals surface area (Å²) in [4.78, 5) is 22.9. The van der Waals surface area contributed by atoms with Crippen molar-refractivity contribution in [3.63, 3.8) is 0 Å². The number of amides is 1. The molecule has 0 fully saturated rings. The van der Waals surface area contributed by atoms with Gasteiger partial charge in [0.25, 0.3) is 0 Å². The molecule has 2 rings (SSSR count). The second-order valence-corrected chi connectivity index (χ2v) is 6.73. The zero-order valence-corrected chi connectivity index (χ0v) is 15.7. The standard InChI is InChI=1S/C20H22FNO5/c1-20(2,3)27-19(24)22-14-7-5-6-13(10-14)12-26-17-9-8-16(25-4)15(11-23)18(17)21/h5-11H,12H2,1-4H3,(H,22,24). The fourth-order valence-electron chi connectivity index (χ4n) is 2.28. The Bertz CT molecular complexity index is 830. The molecule has 0 unspecified atom stereocenters. The summed E-state index contributed by atoms with van der Waals surface area (Å²) < 4.78 is 29.9. The molecule has 0 aliphatic carbocycles. The molecule has 0 radical (unpaired) electrons. The van der Waals surface area contributed by atoms with Gasteiger partial charge in [-0.3, -0.25) is 10.1 Å². The molecule has 0 aliphatic rings. The average Bonchev–Trinajstić information content (AvgIpc) is 2.59. The highest BCUT2D eigenvalue weighted by molar-refractivity contribution is 5.85. The van der Waals surface area contributed by atoms with Gasteiger partial charge in [0.15, 0.2) is 17.9 Å². The molecule has 0 bridgehead atoms. The molecule has 1 N–H and O–H groups in total. The number of aldehydes is 1. The number of halogens is 1. The molecule has 144 valence electrons. The predicted octanol–water partition coefficient (Wildman–Crippen LogP) is 4.57. The molecule has 2 aromatic rings. The van der Waals surface area contributed by atoms with E-state index >= 15 is 0 Å². The van der Waals surface area contributed by atoms with Crippen LogP contribution >= 0.6 is 0 Å². The van der Waals surface area contributed by atoms with Crippen molar-refractivity contribution in [2.75, 3.05) is 12.4 Å². The first-order valence-electron chi connectivity index (χ1n) is 8.27. The van der Waals surface area contributed by atoms with Gasteiger partial charge in [0.1, 0.15) is 18.0 Å². The van der Waals surface area contributed by atoms with E-state index in [-0.39, 0.29) is 23.7 Å². The highest BCUT2D eigenvalue weighted by Gasteiger charge is 2.17. The highest BCUT2D eigenvalue weighted by atomic mass is 19.1. The van der Waals surface area contributed by atoms with Crippen LogP contribution in [0.25, 0.3) is 0 Å². The Balaban J connectivity index is 2.07. The second-order valence-electron chi connectivity index (χ2n) is 6.73. The number of nitrogens with one attached hydrogen (secondary N) is 1. The zero-order valence-electron chi connectivity index (χ0n) is 15.7. The molecule has 27 heavy (non-hydrogen) atoms. The molecule has 0 aliphatic heterocycles. The van der Waals surface area contributed by atoms with Gasteiger partial charge in [0.2, 0.25) is 0 Å². The van der Waals surface area contributed by atoms with Crippen LogP contribution in [0.3, 0.4) is 0 Å². The molecule has 0 atom stereocenters. The molecular weight excluding hydrogens is 353 g/mol. The third kappa shape index (κ3) is 5.70. The topological polar surface area (TPSA) is 73.9 Å². The molecular formula is C20H22FNO5. The number of benzene rings is 2. The minimum atomic E-state index is -0.785. The van der Waals surface area contributed by atoms with Crippen molar-refractivity contribution < 1.29 is 28.2 Å². The Kier molecular flexibility index (Phi) is 6.39. The van der Waals surface area contributed by atoms with Crippen molar-refractivity contribution in [2.45, 2.75) is 33.0 Å². The summed E-state index contributed by atoms with van der Waals surface area (Å²) in [6.45, 7) is 5.36. The minimum Gasteiger partial charge on any atom is -0.496 e. The monoisotopic (exact) mass is 375 g/mol. The van der Waals surface area contributed by atoms with Crippen LogP contribution in [0.5, 0.6) is 11.5 Å². The van der Waals surface area contributed by atoms with Crippen LogP contribution in [0.15, 0.2) is 36.4 Å². The van der Waals surface area contributed by atoms with Gasteiger partial charge >= 0.3 is 6.09 Å². The van der Waals surface area contributed by atoms with Crippen LogP contribution in [0, 0.1) is 5.82 Å². The third-order valence-corrected chi connectivity index (χ3v) is 3.41. The van der Waals surface area contributed by atoms with E-state index in [0.29, 0.717) is 17.5 Å². The van der Waals surface area contributed by atoms with Gasteiger partial charge in [-0.2, -0.15) is 0 Å². The molecule has 7 heteroatoms. The summed E-state index contributed by atoms with van der Waals surface area (Å²) in [7, 11) is 1.35. The summed E-state index contributed by atoms with van der Waals surface area (Å²) in [5.41, 5.74) is 0.420. The average molecular weight is 375 g/mol. The number of anilines is 1. The van der Waals surface area contributed by atoms with Gasteiger partial charge in [-0.15, -0.1) is 0 Å². The molecule has 0 saturated carbocycles. The first-order valence-corrected chi connectivity index (χ1v) is 8.27. The third-order valence-electron chi connectivity index (χ3n) is 3.41. The molecule has 0 saturated heterocycles. The van der Waals surface area contributed by atoms with Crippen molar-refractivity contribution in [2.24, 2.45) is 0 Å². The molecule has 0 heterocycles. The smallest absolute Gasteiger partial charge is 0.412 e. The maximum Gasteiger partial charge on any atom is 0.412 e. The Morgan fingerprint density at radius 2 is 1.89 bits per heavy atom. The van der Waals surface area contributed by atoms with E-state index in [1.165, 1.54) is 19.2 Å². The van der Waals surface area contributed by atoms with E-state index in [4.69, 9.17) is 14.2 Å². The van der Waals surface area contributed by atoms with E-state index in [0.717, 1.165) is 0 Å². The fraction of sp³-hybridized carbons (Fsp3) is 0.300. The largest absolute Gasteiger partial charge is 0.496 e. The molecule has 2 aromatic carbocycles. The van der Waals surface area contributed by atoms with Crippen LogP contribution in [0.1, 0.15) is 36.7 Å². The number of ether oxygens (including phenoxy) is 3. The number of hydrogen-bond donors (Lipinski definition) is 1. The predicted molar refractivity (Wildman–Crippen MR) is 99.0 cm³/mol. The Morgan fingerprint density at radius 3 is 2.52 bits per heavy atom. The van der Waals surface area contributed by atoms with Crippen LogP contribution in [-0.2, 0) is 11.3 Å². The van der Waals surface area contributed by atoms with E-state index in [1.807, 2.05) is 0 Å². The van der Waals surface area contributed by atoms with Gasteiger partial charge in [-0.25, -0.2) is 9.18 Å². The quantitative estimate of drug-likeness (QED) is 0.749. The van der Waals surface area contributed by atoms with Gasteiger partial charge in [0.05, 0.1) is 12.7 Å². The van der Waals surface area contributed by atoms with Gasteiger partial charge < -0.3 is 14.2 Å². The lowest BCUT2D eigenvalue weighted by Crippen LogP contribution is -2.27. The summed E-state index contributed by atoms with van der Waals surface area (Å²) in [6, 6.07) is 9.74. The lowest BCUT2D eigenvalue weighted by Gasteiger charge is -2.19. The number of carbonyl (C=O) groups excluding carboxylic acids is 2. The summed E-state index contributed by atoms with van der Waals surface area (Å²) in [5, 5.41) is 2.63. The Morgan fingerprint density at radius 1 is 1.19 bits per heavy atom. The van der Waals surface area contributed by atoms with E-state index in [9.17, 15) is 14.0 Å². The van der Waals surface area contributed by atoms with Crippen LogP contribution in [0.4, 0.5) is 14.9 Å². The molecule has 0 spiro atoms. The summed E-state index contributed by atoms with van der Waals surface area (Å²) >= 11 is 0. The Hall–Kier alpha value is -3.09. The van der Waals surface area contributed by atoms with Gasteiger partial charge in [0, 0.05) is 5.69 Å². The summed E-state index contributed by atoms with van der Waals surface area (Å²) in [6.07, 6.45) is -0.191. The van der Waals surface area contributed by atoms with E-state index < -0.39 is 17.5 Å². The number of methoxy groups -OCH3 is 1. The zero-order chi connectivity index (χ0) is 20.0.